The summed E-state index contributed by atoms with van der Waals surface area (Å²) in [5.41, 5.74) is 7.81. The van der Waals surface area contributed by atoms with Gasteiger partial charge in [0.2, 0.25) is 5.91 Å². The van der Waals surface area contributed by atoms with Crippen LogP contribution in [0.4, 0.5) is 8.78 Å². The van der Waals surface area contributed by atoms with Crippen LogP contribution in [0, 0.1) is 18.6 Å². The third kappa shape index (κ3) is 6.08. The quantitative estimate of drug-likeness (QED) is 0.502. The van der Waals surface area contributed by atoms with Crippen molar-refractivity contribution in [3.8, 4) is 11.1 Å². The van der Waals surface area contributed by atoms with Crippen LogP contribution in [0.1, 0.15) is 32.2 Å². The summed E-state index contributed by atoms with van der Waals surface area (Å²) in [6.45, 7) is 9.44. The number of halogens is 2. The van der Waals surface area contributed by atoms with Gasteiger partial charge in [-0.2, -0.15) is 0 Å². The third-order valence-corrected chi connectivity index (χ3v) is 4.63. The summed E-state index contributed by atoms with van der Waals surface area (Å²) in [4.78, 5) is 15.5. The van der Waals surface area contributed by atoms with Crippen molar-refractivity contribution in [2.45, 2.75) is 40.8 Å². The third-order valence-electron chi connectivity index (χ3n) is 4.63. The number of amides is 1. The van der Waals surface area contributed by atoms with Gasteiger partial charge in [0.25, 0.3) is 0 Å². The van der Waals surface area contributed by atoms with Crippen LogP contribution in [-0.4, -0.2) is 35.2 Å². The number of hydrogen-bond donors (Lipinski definition) is 2. The molecule has 1 amide bonds. The molecule has 8 heteroatoms. The lowest BCUT2D eigenvalue weighted by Gasteiger charge is -2.11. The number of primary amides is 1. The van der Waals surface area contributed by atoms with E-state index in [9.17, 15) is 13.6 Å². The number of carbonyl (C=O) groups is 1. The highest BCUT2D eigenvalue weighted by Gasteiger charge is 2.16. The number of hydrogen-bond acceptors (Lipinski definition) is 4. The van der Waals surface area contributed by atoms with Gasteiger partial charge in [0.15, 0.2) is 0 Å². The standard InChI is InChI=1S/C21H24F2N4O2.C2H6/c1-3-29-7-6-27-19-9-15(14-4-5-16(22)13(2)8-14)17(23)10-18(19)26-21(27)12-25-11-20(24)28;1-2/h4-5,8-10,25H,3,6-7,11-12H2,1-2H3,(H2,24,28);1-2H3. The first kappa shape index (κ1) is 24.4. The van der Waals surface area contributed by atoms with Crippen molar-refractivity contribution >= 4 is 16.9 Å². The van der Waals surface area contributed by atoms with E-state index in [1.807, 2.05) is 25.3 Å². The van der Waals surface area contributed by atoms with Crippen molar-refractivity contribution in [3.63, 3.8) is 0 Å². The zero-order valence-electron chi connectivity index (χ0n) is 18.5. The second-order valence-corrected chi connectivity index (χ2v) is 6.73. The Bertz CT molecular complexity index is 1030. The monoisotopic (exact) mass is 432 g/mol. The normalized spacial score (nSPS) is 10.8. The number of nitrogens with two attached hydrogens (primary N) is 1. The molecule has 3 aromatic rings. The summed E-state index contributed by atoms with van der Waals surface area (Å²) in [7, 11) is 0. The van der Waals surface area contributed by atoms with E-state index in [4.69, 9.17) is 10.5 Å². The van der Waals surface area contributed by atoms with Crippen LogP contribution in [0.2, 0.25) is 0 Å². The Kier molecular flexibility index (Phi) is 9.08. The number of aryl methyl sites for hydroxylation is 1. The molecule has 168 valence electrons. The van der Waals surface area contributed by atoms with Gasteiger partial charge < -0.3 is 20.4 Å². The van der Waals surface area contributed by atoms with Gasteiger partial charge in [-0.3, -0.25) is 4.79 Å². The van der Waals surface area contributed by atoms with Crippen LogP contribution >= 0.6 is 0 Å². The maximum Gasteiger partial charge on any atom is 0.231 e. The van der Waals surface area contributed by atoms with E-state index in [2.05, 4.69) is 10.3 Å². The minimum Gasteiger partial charge on any atom is -0.380 e. The van der Waals surface area contributed by atoms with Gasteiger partial charge in [-0.1, -0.05) is 19.9 Å². The van der Waals surface area contributed by atoms with Crippen molar-refractivity contribution in [1.29, 1.82) is 0 Å². The molecule has 0 saturated heterocycles. The fraction of sp³-hybridized carbons (Fsp3) is 0.391. The number of nitrogens with one attached hydrogen (secondary N) is 1. The smallest absolute Gasteiger partial charge is 0.231 e. The number of rotatable bonds is 9. The first-order chi connectivity index (χ1) is 14.9. The molecule has 0 unspecified atom stereocenters. The molecule has 3 rings (SSSR count). The zero-order valence-corrected chi connectivity index (χ0v) is 18.5. The lowest BCUT2D eigenvalue weighted by atomic mass is 10.0. The summed E-state index contributed by atoms with van der Waals surface area (Å²) < 4.78 is 35.8. The summed E-state index contributed by atoms with van der Waals surface area (Å²) in [5.74, 6) is -0.593. The van der Waals surface area contributed by atoms with Crippen LogP contribution in [0.15, 0.2) is 30.3 Å². The molecule has 0 bridgehead atoms. The van der Waals surface area contributed by atoms with E-state index >= 15 is 0 Å². The van der Waals surface area contributed by atoms with Crippen LogP contribution < -0.4 is 11.1 Å². The lowest BCUT2D eigenvalue weighted by molar-refractivity contribution is -0.117. The van der Waals surface area contributed by atoms with E-state index < -0.39 is 11.7 Å². The number of imidazole rings is 1. The first-order valence-corrected chi connectivity index (χ1v) is 10.4. The SMILES string of the molecule is CC.CCOCCn1c(CNCC(N)=O)nc2cc(F)c(-c3ccc(F)c(C)c3)cc21. The summed E-state index contributed by atoms with van der Waals surface area (Å²) in [6, 6.07) is 7.60. The molecule has 0 spiro atoms. The summed E-state index contributed by atoms with van der Waals surface area (Å²) in [5, 5.41) is 2.93. The van der Waals surface area contributed by atoms with Crippen molar-refractivity contribution in [2.75, 3.05) is 19.8 Å². The average Bonchev–Trinajstić information content (AvgIpc) is 3.07. The van der Waals surface area contributed by atoms with Gasteiger partial charge >= 0.3 is 0 Å². The molecule has 6 nitrogen and oxygen atoms in total. The molecular formula is C23H30F2N4O2. The van der Waals surface area contributed by atoms with E-state index in [0.29, 0.717) is 54.3 Å². The molecule has 0 radical (unpaired) electrons. The molecule has 0 saturated carbocycles. The molecule has 3 N–H and O–H groups in total. The number of aromatic nitrogens is 2. The van der Waals surface area contributed by atoms with Crippen LogP contribution in [0.5, 0.6) is 0 Å². The topological polar surface area (TPSA) is 82.2 Å². The van der Waals surface area contributed by atoms with Gasteiger partial charge in [0, 0.05) is 24.8 Å². The van der Waals surface area contributed by atoms with E-state index in [-0.39, 0.29) is 12.4 Å². The first-order valence-electron chi connectivity index (χ1n) is 10.4. The Labute approximate surface area is 181 Å². The minimum absolute atomic E-state index is 0.0170. The Morgan fingerprint density at radius 3 is 2.58 bits per heavy atom. The number of fused-ring (bicyclic) bond motifs is 1. The van der Waals surface area contributed by atoms with Crippen LogP contribution in [0.25, 0.3) is 22.2 Å². The molecule has 2 aromatic carbocycles. The van der Waals surface area contributed by atoms with Gasteiger partial charge in [-0.05, 0) is 43.2 Å². The van der Waals surface area contributed by atoms with E-state index in [1.165, 1.54) is 12.1 Å². The van der Waals surface area contributed by atoms with Crippen molar-refractivity contribution < 1.29 is 18.3 Å². The van der Waals surface area contributed by atoms with Gasteiger partial charge in [0.05, 0.1) is 30.7 Å². The van der Waals surface area contributed by atoms with Crippen LogP contribution in [0.3, 0.4) is 0 Å². The highest BCUT2D eigenvalue weighted by Crippen LogP contribution is 2.29. The Hall–Kier alpha value is -2.84. The summed E-state index contributed by atoms with van der Waals surface area (Å²) in [6.07, 6.45) is 0. The molecular weight excluding hydrogens is 402 g/mol. The van der Waals surface area contributed by atoms with Crippen LogP contribution in [-0.2, 0) is 22.6 Å². The molecule has 1 heterocycles. The number of benzene rings is 2. The molecule has 0 fully saturated rings. The van der Waals surface area contributed by atoms with Crippen molar-refractivity contribution in [3.05, 3.63) is 53.4 Å². The minimum atomic E-state index is -0.470. The second-order valence-electron chi connectivity index (χ2n) is 6.73. The Morgan fingerprint density at radius 1 is 1.19 bits per heavy atom. The zero-order chi connectivity index (χ0) is 23.0. The van der Waals surface area contributed by atoms with Crippen molar-refractivity contribution in [2.24, 2.45) is 5.73 Å². The Morgan fingerprint density at radius 2 is 1.94 bits per heavy atom. The molecule has 0 atom stereocenters. The number of ether oxygens (including phenoxy) is 1. The molecule has 0 aliphatic rings. The van der Waals surface area contributed by atoms with Gasteiger partial charge in [-0.25, -0.2) is 13.8 Å². The predicted molar refractivity (Wildman–Crippen MR) is 119 cm³/mol. The molecule has 0 aliphatic carbocycles. The second kappa shape index (κ2) is 11.5. The van der Waals surface area contributed by atoms with Gasteiger partial charge in [-0.15, -0.1) is 0 Å². The highest BCUT2D eigenvalue weighted by atomic mass is 19.1. The number of nitrogens with zero attached hydrogens (tertiary/aromatic N) is 2. The fourth-order valence-electron chi connectivity index (χ4n) is 3.21. The lowest BCUT2D eigenvalue weighted by Crippen LogP contribution is -2.29. The van der Waals surface area contributed by atoms with Crippen molar-refractivity contribution in [1.82, 2.24) is 14.9 Å². The Balaban J connectivity index is 0.00000166. The largest absolute Gasteiger partial charge is 0.380 e. The van der Waals surface area contributed by atoms with E-state index in [0.717, 1.165) is 5.52 Å². The molecule has 31 heavy (non-hydrogen) atoms. The van der Waals surface area contributed by atoms with Gasteiger partial charge in [0.1, 0.15) is 17.5 Å². The highest BCUT2D eigenvalue weighted by molar-refractivity contribution is 5.83. The number of carbonyl (C=O) groups excluding carboxylic acids is 1. The maximum absolute atomic E-state index is 14.8. The summed E-state index contributed by atoms with van der Waals surface area (Å²) >= 11 is 0. The fourth-order valence-corrected chi connectivity index (χ4v) is 3.21. The predicted octanol–water partition coefficient (Wildman–Crippen LogP) is 3.93. The molecule has 0 aliphatic heterocycles. The maximum atomic E-state index is 14.8. The van der Waals surface area contributed by atoms with E-state index in [1.54, 1.807) is 25.1 Å². The molecule has 1 aromatic heterocycles. The average molecular weight is 433 g/mol.